The summed E-state index contributed by atoms with van der Waals surface area (Å²) in [6.45, 7) is 4.09. The average molecular weight is 223 g/mol. The lowest BCUT2D eigenvalue weighted by atomic mass is 9.94. The Bertz CT molecular complexity index is 379. The molecule has 1 heterocycles. The van der Waals surface area contributed by atoms with Crippen molar-refractivity contribution in [3.8, 4) is 11.5 Å². The molecule has 1 aromatic carbocycles. The molecule has 88 valence electrons. The summed E-state index contributed by atoms with van der Waals surface area (Å²) in [6.07, 6.45) is -0.587. The lowest BCUT2D eigenvalue weighted by Crippen LogP contribution is -2.30. The number of fused-ring (bicyclic) bond motifs is 1. The van der Waals surface area contributed by atoms with Crippen LogP contribution in [0.3, 0.4) is 0 Å². The lowest BCUT2D eigenvalue weighted by molar-refractivity contribution is 0.0963. The molecule has 3 N–H and O–H groups in total. The van der Waals surface area contributed by atoms with Crippen molar-refractivity contribution in [3.05, 3.63) is 23.8 Å². The highest BCUT2D eigenvalue weighted by Crippen LogP contribution is 2.39. The number of ether oxygens (including phenoxy) is 2. The van der Waals surface area contributed by atoms with Gasteiger partial charge in [0.25, 0.3) is 0 Å². The second-order valence-corrected chi connectivity index (χ2v) is 4.34. The summed E-state index contributed by atoms with van der Waals surface area (Å²) in [5.41, 5.74) is 6.83. The monoisotopic (exact) mass is 223 g/mol. The molecule has 4 nitrogen and oxygen atoms in total. The third kappa shape index (κ3) is 1.86. The van der Waals surface area contributed by atoms with Gasteiger partial charge in [-0.1, -0.05) is 26.0 Å². The zero-order valence-electron chi connectivity index (χ0n) is 9.51. The number of aliphatic hydroxyl groups is 1. The molecule has 0 amide bonds. The first-order valence-electron chi connectivity index (χ1n) is 5.43. The Morgan fingerprint density at radius 2 is 2.06 bits per heavy atom. The fraction of sp³-hybridized carbons (Fsp3) is 0.500. The van der Waals surface area contributed by atoms with Crippen molar-refractivity contribution in [3.63, 3.8) is 0 Å². The van der Waals surface area contributed by atoms with Crippen LogP contribution < -0.4 is 15.2 Å². The first-order valence-corrected chi connectivity index (χ1v) is 5.43. The zero-order chi connectivity index (χ0) is 11.7. The van der Waals surface area contributed by atoms with E-state index in [2.05, 4.69) is 0 Å². The number of aliphatic hydroxyl groups excluding tert-OH is 1. The number of rotatable bonds is 3. The number of para-hydroxylation sites is 1. The van der Waals surface area contributed by atoms with Gasteiger partial charge in [0.1, 0.15) is 0 Å². The van der Waals surface area contributed by atoms with Crippen LogP contribution in [-0.2, 0) is 0 Å². The third-order valence-corrected chi connectivity index (χ3v) is 2.84. The minimum absolute atomic E-state index is 0.105. The molecule has 0 spiro atoms. The highest BCUT2D eigenvalue weighted by molar-refractivity contribution is 5.49. The Hall–Kier alpha value is -1.26. The van der Waals surface area contributed by atoms with Gasteiger partial charge in [-0.2, -0.15) is 0 Å². The zero-order valence-corrected chi connectivity index (χ0v) is 9.51. The Morgan fingerprint density at radius 1 is 1.31 bits per heavy atom. The molecule has 0 saturated heterocycles. The summed E-state index contributed by atoms with van der Waals surface area (Å²) in [6, 6.07) is 5.11. The van der Waals surface area contributed by atoms with Gasteiger partial charge in [-0.05, 0) is 12.0 Å². The molecule has 0 fully saturated rings. The van der Waals surface area contributed by atoms with Gasteiger partial charge >= 0.3 is 0 Å². The molecule has 0 bridgehead atoms. The van der Waals surface area contributed by atoms with Crippen LogP contribution in [0.15, 0.2) is 18.2 Å². The van der Waals surface area contributed by atoms with Gasteiger partial charge in [-0.15, -0.1) is 0 Å². The predicted molar refractivity (Wildman–Crippen MR) is 60.3 cm³/mol. The summed E-state index contributed by atoms with van der Waals surface area (Å²) in [5, 5.41) is 9.96. The second kappa shape index (κ2) is 4.31. The van der Waals surface area contributed by atoms with Crippen LogP contribution in [0.1, 0.15) is 25.5 Å². The number of hydrogen-bond acceptors (Lipinski definition) is 4. The van der Waals surface area contributed by atoms with E-state index in [1.54, 1.807) is 0 Å². The normalized spacial score (nSPS) is 17.6. The van der Waals surface area contributed by atoms with Gasteiger partial charge < -0.3 is 20.3 Å². The standard InChI is InChI=1S/C12H17NO3/c1-7(2)11(14)10(13)8-4-3-5-9-12(8)16-6-15-9/h3-5,7,10-11,14H,6,13H2,1-2H3/t10-,11+/m1/s1. The highest BCUT2D eigenvalue weighted by atomic mass is 16.7. The van der Waals surface area contributed by atoms with Crippen LogP contribution in [0.2, 0.25) is 0 Å². The number of hydrogen-bond donors (Lipinski definition) is 2. The molecule has 0 saturated carbocycles. The molecule has 1 aliphatic rings. The molecule has 16 heavy (non-hydrogen) atoms. The van der Waals surface area contributed by atoms with E-state index >= 15 is 0 Å². The fourth-order valence-electron chi connectivity index (χ4n) is 1.81. The van der Waals surface area contributed by atoms with Gasteiger partial charge in [0, 0.05) is 5.56 Å². The Morgan fingerprint density at radius 3 is 2.75 bits per heavy atom. The van der Waals surface area contributed by atoms with Gasteiger partial charge in [0.2, 0.25) is 6.79 Å². The number of benzene rings is 1. The van der Waals surface area contributed by atoms with Crippen molar-refractivity contribution < 1.29 is 14.6 Å². The van der Waals surface area contributed by atoms with E-state index in [-0.39, 0.29) is 12.7 Å². The molecule has 2 atom stereocenters. The van der Waals surface area contributed by atoms with E-state index in [9.17, 15) is 5.11 Å². The largest absolute Gasteiger partial charge is 0.454 e. The van der Waals surface area contributed by atoms with E-state index in [0.717, 1.165) is 5.56 Å². The summed E-state index contributed by atoms with van der Waals surface area (Å²) in [7, 11) is 0. The first kappa shape index (κ1) is 11.2. The van der Waals surface area contributed by atoms with Crippen LogP contribution in [0.4, 0.5) is 0 Å². The Labute approximate surface area is 95.0 Å². The first-order chi connectivity index (χ1) is 7.61. The van der Waals surface area contributed by atoms with E-state index in [1.165, 1.54) is 0 Å². The molecule has 4 heteroatoms. The SMILES string of the molecule is CC(C)[C@H](O)[C@H](N)c1cccc2c1OCO2. The molecule has 2 rings (SSSR count). The van der Waals surface area contributed by atoms with Gasteiger partial charge in [0.15, 0.2) is 11.5 Å². The van der Waals surface area contributed by atoms with Crippen molar-refractivity contribution in [1.82, 2.24) is 0 Å². The smallest absolute Gasteiger partial charge is 0.231 e. The van der Waals surface area contributed by atoms with Crippen LogP contribution >= 0.6 is 0 Å². The molecular weight excluding hydrogens is 206 g/mol. The molecule has 0 unspecified atom stereocenters. The number of nitrogens with two attached hydrogens (primary N) is 1. The van der Waals surface area contributed by atoms with Crippen molar-refractivity contribution >= 4 is 0 Å². The molecule has 0 aromatic heterocycles. The maximum atomic E-state index is 9.96. The van der Waals surface area contributed by atoms with Crippen LogP contribution in [0.5, 0.6) is 11.5 Å². The van der Waals surface area contributed by atoms with Gasteiger partial charge in [0.05, 0.1) is 12.1 Å². The summed E-state index contributed by atoms with van der Waals surface area (Å²) in [5.74, 6) is 1.46. The molecule has 1 aromatic rings. The molecular formula is C12H17NO3. The molecule has 0 radical (unpaired) electrons. The second-order valence-electron chi connectivity index (χ2n) is 4.34. The fourth-order valence-corrected chi connectivity index (χ4v) is 1.81. The maximum absolute atomic E-state index is 9.96. The van der Waals surface area contributed by atoms with Crippen molar-refractivity contribution in [2.45, 2.75) is 26.0 Å². The van der Waals surface area contributed by atoms with Crippen molar-refractivity contribution in [2.75, 3.05) is 6.79 Å². The lowest BCUT2D eigenvalue weighted by Gasteiger charge is -2.23. The van der Waals surface area contributed by atoms with E-state index in [1.807, 2.05) is 32.0 Å². The Balaban J connectivity index is 2.30. The molecule has 0 aliphatic carbocycles. The van der Waals surface area contributed by atoms with E-state index in [0.29, 0.717) is 11.5 Å². The summed E-state index contributed by atoms with van der Waals surface area (Å²) >= 11 is 0. The van der Waals surface area contributed by atoms with E-state index < -0.39 is 12.1 Å². The van der Waals surface area contributed by atoms with Crippen LogP contribution in [-0.4, -0.2) is 18.0 Å². The molecule has 1 aliphatic heterocycles. The topological polar surface area (TPSA) is 64.7 Å². The third-order valence-electron chi connectivity index (χ3n) is 2.84. The average Bonchev–Trinajstić information content (AvgIpc) is 2.74. The Kier molecular flexibility index (Phi) is 3.03. The van der Waals surface area contributed by atoms with Crippen molar-refractivity contribution in [2.24, 2.45) is 11.7 Å². The van der Waals surface area contributed by atoms with Gasteiger partial charge in [-0.25, -0.2) is 0 Å². The quantitative estimate of drug-likeness (QED) is 0.813. The summed E-state index contributed by atoms with van der Waals surface area (Å²) in [4.78, 5) is 0. The van der Waals surface area contributed by atoms with Gasteiger partial charge in [-0.3, -0.25) is 0 Å². The predicted octanol–water partition coefficient (Wildman–Crippen LogP) is 1.43. The van der Waals surface area contributed by atoms with Crippen LogP contribution in [0.25, 0.3) is 0 Å². The van der Waals surface area contributed by atoms with Crippen molar-refractivity contribution in [1.29, 1.82) is 0 Å². The highest BCUT2D eigenvalue weighted by Gasteiger charge is 2.26. The summed E-state index contributed by atoms with van der Waals surface area (Å²) < 4.78 is 10.6. The maximum Gasteiger partial charge on any atom is 0.231 e. The van der Waals surface area contributed by atoms with E-state index in [4.69, 9.17) is 15.2 Å². The van der Waals surface area contributed by atoms with Crippen LogP contribution in [0, 0.1) is 5.92 Å². The minimum Gasteiger partial charge on any atom is -0.454 e. The minimum atomic E-state index is -0.587.